The number of carbonyl (C=O) groups is 1. The molecule has 0 spiro atoms. The van der Waals surface area contributed by atoms with Crippen molar-refractivity contribution in [3.8, 4) is 0 Å². The highest BCUT2D eigenvalue weighted by molar-refractivity contribution is 5.78. The fourth-order valence-corrected chi connectivity index (χ4v) is 1.53. The molecule has 1 amide bonds. The Morgan fingerprint density at radius 1 is 1.50 bits per heavy atom. The second-order valence-electron chi connectivity index (χ2n) is 4.34. The van der Waals surface area contributed by atoms with E-state index in [1.165, 1.54) is 12.8 Å². The molecular formula is C11H22N2O. The van der Waals surface area contributed by atoms with Gasteiger partial charge in [-0.05, 0) is 33.1 Å². The molecule has 0 atom stereocenters. The first-order valence-electron chi connectivity index (χ1n) is 5.68. The SMILES string of the molecule is CCCN(C(=O)CNC1CC1)C(C)C. The lowest BCUT2D eigenvalue weighted by molar-refractivity contribution is -0.131. The van der Waals surface area contributed by atoms with Crippen LogP contribution in [-0.4, -0.2) is 36.0 Å². The Bertz CT molecular complexity index is 188. The van der Waals surface area contributed by atoms with Crippen LogP contribution in [0.1, 0.15) is 40.0 Å². The first kappa shape index (κ1) is 11.5. The molecule has 1 N–H and O–H groups in total. The van der Waals surface area contributed by atoms with Crippen molar-refractivity contribution in [2.45, 2.75) is 52.1 Å². The van der Waals surface area contributed by atoms with Crippen molar-refractivity contribution < 1.29 is 4.79 Å². The van der Waals surface area contributed by atoms with Crippen molar-refractivity contribution in [1.82, 2.24) is 10.2 Å². The number of rotatable bonds is 6. The van der Waals surface area contributed by atoms with Crippen molar-refractivity contribution in [3.05, 3.63) is 0 Å². The van der Waals surface area contributed by atoms with Crippen LogP contribution in [0.4, 0.5) is 0 Å². The predicted molar refractivity (Wildman–Crippen MR) is 58.2 cm³/mol. The molecule has 1 rings (SSSR count). The Labute approximate surface area is 86.9 Å². The van der Waals surface area contributed by atoms with Crippen molar-refractivity contribution in [2.24, 2.45) is 0 Å². The van der Waals surface area contributed by atoms with Gasteiger partial charge in [0.2, 0.25) is 5.91 Å². The largest absolute Gasteiger partial charge is 0.339 e. The lowest BCUT2D eigenvalue weighted by Gasteiger charge is -2.26. The number of carbonyl (C=O) groups excluding carboxylic acids is 1. The minimum atomic E-state index is 0.244. The van der Waals surface area contributed by atoms with Crippen molar-refractivity contribution in [3.63, 3.8) is 0 Å². The van der Waals surface area contributed by atoms with Crippen LogP contribution in [-0.2, 0) is 4.79 Å². The summed E-state index contributed by atoms with van der Waals surface area (Å²) in [4.78, 5) is 13.7. The number of hydrogen-bond acceptors (Lipinski definition) is 2. The zero-order chi connectivity index (χ0) is 10.6. The average molecular weight is 198 g/mol. The predicted octanol–water partition coefficient (Wildman–Crippen LogP) is 1.39. The quantitative estimate of drug-likeness (QED) is 0.699. The number of nitrogens with zero attached hydrogens (tertiary/aromatic N) is 1. The van der Waals surface area contributed by atoms with Gasteiger partial charge in [-0.25, -0.2) is 0 Å². The van der Waals surface area contributed by atoms with Gasteiger partial charge >= 0.3 is 0 Å². The summed E-state index contributed by atoms with van der Waals surface area (Å²) >= 11 is 0. The Morgan fingerprint density at radius 2 is 2.14 bits per heavy atom. The molecule has 3 heteroatoms. The van der Waals surface area contributed by atoms with E-state index in [2.05, 4.69) is 26.1 Å². The molecule has 14 heavy (non-hydrogen) atoms. The van der Waals surface area contributed by atoms with Gasteiger partial charge in [-0.1, -0.05) is 6.92 Å². The van der Waals surface area contributed by atoms with E-state index in [-0.39, 0.29) is 5.91 Å². The molecule has 0 unspecified atom stereocenters. The fourth-order valence-electron chi connectivity index (χ4n) is 1.53. The van der Waals surface area contributed by atoms with E-state index < -0.39 is 0 Å². The van der Waals surface area contributed by atoms with Gasteiger partial charge in [-0.3, -0.25) is 4.79 Å². The van der Waals surface area contributed by atoms with Crippen LogP contribution in [0.5, 0.6) is 0 Å². The molecule has 0 radical (unpaired) electrons. The van der Waals surface area contributed by atoms with Gasteiger partial charge in [0.05, 0.1) is 6.54 Å². The molecule has 0 aromatic carbocycles. The molecule has 0 aliphatic heterocycles. The highest BCUT2D eigenvalue weighted by Gasteiger charge is 2.23. The fraction of sp³-hybridized carbons (Fsp3) is 0.909. The lowest BCUT2D eigenvalue weighted by Crippen LogP contribution is -2.43. The zero-order valence-corrected chi connectivity index (χ0v) is 9.55. The Morgan fingerprint density at radius 3 is 2.57 bits per heavy atom. The highest BCUT2D eigenvalue weighted by atomic mass is 16.2. The maximum Gasteiger partial charge on any atom is 0.236 e. The molecule has 0 bridgehead atoms. The van der Waals surface area contributed by atoms with E-state index in [1.807, 2.05) is 4.90 Å². The molecule has 0 saturated heterocycles. The molecule has 0 aromatic rings. The number of nitrogens with one attached hydrogen (secondary N) is 1. The molecule has 1 aliphatic carbocycles. The molecule has 1 saturated carbocycles. The summed E-state index contributed by atoms with van der Waals surface area (Å²) in [6.45, 7) is 7.65. The molecule has 1 aliphatic rings. The normalized spacial score (nSPS) is 16.0. The van der Waals surface area contributed by atoms with Crippen LogP contribution in [0.15, 0.2) is 0 Å². The van der Waals surface area contributed by atoms with Crippen LogP contribution >= 0.6 is 0 Å². The second-order valence-corrected chi connectivity index (χ2v) is 4.34. The first-order chi connectivity index (χ1) is 6.65. The van der Waals surface area contributed by atoms with E-state index >= 15 is 0 Å². The topological polar surface area (TPSA) is 32.3 Å². The van der Waals surface area contributed by atoms with E-state index in [0.29, 0.717) is 18.6 Å². The zero-order valence-electron chi connectivity index (χ0n) is 9.55. The third-order valence-electron chi connectivity index (χ3n) is 2.53. The second kappa shape index (κ2) is 5.35. The lowest BCUT2D eigenvalue weighted by atomic mass is 10.3. The minimum Gasteiger partial charge on any atom is -0.339 e. The van der Waals surface area contributed by atoms with Crippen molar-refractivity contribution in [1.29, 1.82) is 0 Å². The van der Waals surface area contributed by atoms with Gasteiger partial charge in [0.1, 0.15) is 0 Å². The summed E-state index contributed by atoms with van der Waals surface area (Å²) < 4.78 is 0. The van der Waals surface area contributed by atoms with Crippen LogP contribution in [0.3, 0.4) is 0 Å². The maximum absolute atomic E-state index is 11.8. The maximum atomic E-state index is 11.8. The molecule has 3 nitrogen and oxygen atoms in total. The highest BCUT2D eigenvalue weighted by Crippen LogP contribution is 2.18. The number of amides is 1. The minimum absolute atomic E-state index is 0.244. The van der Waals surface area contributed by atoms with E-state index in [0.717, 1.165) is 13.0 Å². The van der Waals surface area contributed by atoms with Crippen LogP contribution in [0, 0.1) is 0 Å². The summed E-state index contributed by atoms with van der Waals surface area (Å²) in [6.07, 6.45) is 3.51. The summed E-state index contributed by atoms with van der Waals surface area (Å²) in [5.41, 5.74) is 0. The summed E-state index contributed by atoms with van der Waals surface area (Å²) in [5, 5.41) is 3.26. The van der Waals surface area contributed by atoms with Gasteiger partial charge in [-0.15, -0.1) is 0 Å². The van der Waals surface area contributed by atoms with Crippen molar-refractivity contribution >= 4 is 5.91 Å². The van der Waals surface area contributed by atoms with Crippen LogP contribution in [0.25, 0.3) is 0 Å². The van der Waals surface area contributed by atoms with E-state index in [9.17, 15) is 4.79 Å². The van der Waals surface area contributed by atoms with Crippen molar-refractivity contribution in [2.75, 3.05) is 13.1 Å². The van der Waals surface area contributed by atoms with Gasteiger partial charge in [0.25, 0.3) is 0 Å². The summed E-state index contributed by atoms with van der Waals surface area (Å²) in [7, 11) is 0. The Hall–Kier alpha value is -0.570. The number of hydrogen-bond donors (Lipinski definition) is 1. The van der Waals surface area contributed by atoms with Crippen LogP contribution in [0.2, 0.25) is 0 Å². The third-order valence-corrected chi connectivity index (χ3v) is 2.53. The van der Waals surface area contributed by atoms with Gasteiger partial charge < -0.3 is 10.2 Å². The Kier molecular flexibility index (Phi) is 4.39. The summed E-state index contributed by atoms with van der Waals surface area (Å²) in [5.74, 6) is 0.244. The summed E-state index contributed by atoms with van der Waals surface area (Å²) in [6, 6.07) is 0.943. The van der Waals surface area contributed by atoms with Gasteiger partial charge in [-0.2, -0.15) is 0 Å². The Balaban J connectivity index is 2.28. The monoisotopic (exact) mass is 198 g/mol. The molecule has 0 aromatic heterocycles. The average Bonchev–Trinajstić information content (AvgIpc) is 2.93. The smallest absolute Gasteiger partial charge is 0.236 e. The third kappa shape index (κ3) is 3.66. The molecule has 1 fully saturated rings. The molecular weight excluding hydrogens is 176 g/mol. The van der Waals surface area contributed by atoms with Crippen LogP contribution < -0.4 is 5.32 Å². The standard InChI is InChI=1S/C11H22N2O/c1-4-7-13(9(2)3)11(14)8-12-10-5-6-10/h9-10,12H,4-8H2,1-3H3. The van der Waals surface area contributed by atoms with E-state index in [1.54, 1.807) is 0 Å². The van der Waals surface area contributed by atoms with Gasteiger partial charge in [0.15, 0.2) is 0 Å². The molecule has 82 valence electrons. The first-order valence-corrected chi connectivity index (χ1v) is 5.68. The molecule has 0 heterocycles. The van der Waals surface area contributed by atoms with Gasteiger partial charge in [0, 0.05) is 18.6 Å². The van der Waals surface area contributed by atoms with E-state index in [4.69, 9.17) is 0 Å².